The minimum Gasteiger partial charge on any atom is -0.359 e. The molecule has 68 valence electrons. The van der Waals surface area contributed by atoms with Crippen LogP contribution in [-0.2, 0) is 0 Å². The van der Waals surface area contributed by atoms with Gasteiger partial charge < -0.3 is 4.98 Å². The van der Waals surface area contributed by atoms with Crippen LogP contribution in [0.4, 0.5) is 0 Å². The third-order valence-corrected chi connectivity index (χ3v) is 1.80. The number of hydrogen-bond donors (Lipinski definition) is 1. The van der Waals surface area contributed by atoms with Crippen molar-refractivity contribution in [2.75, 3.05) is 0 Å². The lowest BCUT2D eigenvalue weighted by molar-refractivity contribution is 0.100. The molecule has 14 heavy (non-hydrogen) atoms. The second-order valence-electron chi connectivity index (χ2n) is 2.60. The molecule has 0 aliphatic carbocycles. The molecule has 0 fully saturated rings. The summed E-state index contributed by atoms with van der Waals surface area (Å²) in [4.78, 5) is 20.5. The van der Waals surface area contributed by atoms with E-state index in [1.165, 1.54) is 6.20 Å². The first kappa shape index (κ1) is 8.28. The van der Waals surface area contributed by atoms with E-state index in [4.69, 9.17) is 5.53 Å². The van der Waals surface area contributed by atoms with Crippen LogP contribution in [0.2, 0.25) is 0 Å². The third-order valence-electron chi connectivity index (χ3n) is 1.80. The van der Waals surface area contributed by atoms with Gasteiger partial charge in [-0.3, -0.25) is 9.78 Å². The molecular formula is C8H5N5O. The minimum absolute atomic E-state index is 0.290. The predicted molar refractivity (Wildman–Crippen MR) is 49.6 cm³/mol. The number of nitrogens with one attached hydrogen (secondary N) is 1. The summed E-state index contributed by atoms with van der Waals surface area (Å²) in [6.07, 6.45) is 3.05. The monoisotopic (exact) mass is 187 g/mol. The quantitative estimate of drug-likeness (QED) is 0.420. The first-order valence-corrected chi connectivity index (χ1v) is 3.84. The molecule has 0 aliphatic rings. The zero-order chi connectivity index (χ0) is 9.97. The van der Waals surface area contributed by atoms with E-state index >= 15 is 0 Å². The number of H-pyrrole nitrogens is 1. The molecule has 0 aromatic carbocycles. The van der Waals surface area contributed by atoms with Crippen LogP contribution in [0.3, 0.4) is 0 Å². The van der Waals surface area contributed by atoms with E-state index in [0.29, 0.717) is 11.1 Å². The summed E-state index contributed by atoms with van der Waals surface area (Å²) in [5, 5.41) is 3.00. The summed E-state index contributed by atoms with van der Waals surface area (Å²) in [7, 11) is 0. The van der Waals surface area contributed by atoms with Gasteiger partial charge in [0.2, 0.25) is 0 Å². The Morgan fingerprint density at radius 1 is 1.64 bits per heavy atom. The smallest absolute Gasteiger partial charge is 0.252 e. The van der Waals surface area contributed by atoms with Gasteiger partial charge in [0.1, 0.15) is 0 Å². The van der Waals surface area contributed by atoms with Gasteiger partial charge >= 0.3 is 0 Å². The van der Waals surface area contributed by atoms with E-state index in [1.54, 1.807) is 18.3 Å². The van der Waals surface area contributed by atoms with Gasteiger partial charge in [0.05, 0.1) is 16.6 Å². The van der Waals surface area contributed by atoms with Crippen molar-refractivity contribution in [3.05, 3.63) is 40.5 Å². The predicted octanol–water partition coefficient (Wildman–Crippen LogP) is 2.01. The van der Waals surface area contributed by atoms with Gasteiger partial charge in [0.15, 0.2) is 0 Å². The minimum atomic E-state index is -0.627. The number of amides is 1. The van der Waals surface area contributed by atoms with Gasteiger partial charge in [-0.05, 0) is 22.8 Å². The fourth-order valence-electron chi connectivity index (χ4n) is 1.21. The Kier molecular flexibility index (Phi) is 1.89. The van der Waals surface area contributed by atoms with Gasteiger partial charge in [-0.2, -0.15) is 0 Å². The zero-order valence-corrected chi connectivity index (χ0v) is 7.01. The number of aromatic amines is 1. The van der Waals surface area contributed by atoms with E-state index in [1.807, 2.05) is 0 Å². The molecular weight excluding hydrogens is 182 g/mol. The van der Waals surface area contributed by atoms with Crippen LogP contribution in [0, 0.1) is 0 Å². The number of carbonyl (C=O) groups is 1. The van der Waals surface area contributed by atoms with Gasteiger partial charge in [-0.1, -0.05) is 0 Å². The SMILES string of the molecule is [N-]=[N+]=NC(=O)c1c[nH]c2cccnc12. The van der Waals surface area contributed by atoms with Crippen LogP contribution in [0.15, 0.2) is 29.6 Å². The van der Waals surface area contributed by atoms with Crippen molar-refractivity contribution in [1.82, 2.24) is 9.97 Å². The van der Waals surface area contributed by atoms with Crippen molar-refractivity contribution in [3.8, 4) is 0 Å². The van der Waals surface area contributed by atoms with Crippen molar-refractivity contribution in [2.24, 2.45) is 5.11 Å². The van der Waals surface area contributed by atoms with Gasteiger partial charge in [0.25, 0.3) is 5.91 Å². The standard InChI is InChI=1S/C8H5N5O/c9-13-12-8(14)5-4-11-6-2-1-3-10-7(5)6/h1-4,11H. The fraction of sp³-hybridized carbons (Fsp3) is 0. The molecule has 6 heteroatoms. The van der Waals surface area contributed by atoms with Crippen LogP contribution in [0.25, 0.3) is 21.5 Å². The first-order chi connectivity index (χ1) is 6.83. The number of fused-ring (bicyclic) bond motifs is 1. The Labute approximate surface area is 78.2 Å². The normalized spacial score (nSPS) is 9.71. The molecule has 2 heterocycles. The van der Waals surface area contributed by atoms with Crippen molar-refractivity contribution in [2.45, 2.75) is 0 Å². The molecule has 6 nitrogen and oxygen atoms in total. The molecule has 2 aromatic heterocycles. The van der Waals surface area contributed by atoms with E-state index in [9.17, 15) is 4.79 Å². The Hall–Kier alpha value is -2.33. The molecule has 0 bridgehead atoms. The second-order valence-corrected chi connectivity index (χ2v) is 2.60. The number of nitrogens with zero attached hydrogens (tertiary/aromatic N) is 4. The fourth-order valence-corrected chi connectivity index (χ4v) is 1.21. The summed E-state index contributed by atoms with van der Waals surface area (Å²) in [6.45, 7) is 0. The van der Waals surface area contributed by atoms with Crippen LogP contribution in [-0.4, -0.2) is 15.9 Å². The molecule has 1 N–H and O–H groups in total. The Bertz CT molecular complexity index is 537. The lowest BCUT2D eigenvalue weighted by Crippen LogP contribution is -1.91. The highest BCUT2D eigenvalue weighted by molar-refractivity contribution is 6.05. The lowest BCUT2D eigenvalue weighted by atomic mass is 10.2. The number of rotatable bonds is 1. The molecule has 2 rings (SSSR count). The molecule has 0 aliphatic heterocycles. The molecule has 0 saturated carbocycles. The van der Waals surface area contributed by atoms with Gasteiger partial charge in [-0.25, -0.2) is 0 Å². The number of pyridine rings is 1. The van der Waals surface area contributed by atoms with E-state index in [0.717, 1.165) is 5.52 Å². The molecule has 0 radical (unpaired) electrons. The first-order valence-electron chi connectivity index (χ1n) is 3.84. The molecule has 2 aromatic rings. The molecule has 0 atom stereocenters. The topological polar surface area (TPSA) is 94.5 Å². The van der Waals surface area contributed by atoms with E-state index in [-0.39, 0.29) is 0 Å². The summed E-state index contributed by atoms with van der Waals surface area (Å²) in [5.74, 6) is -0.627. The average molecular weight is 187 g/mol. The maximum Gasteiger partial charge on any atom is 0.252 e. The Morgan fingerprint density at radius 2 is 2.50 bits per heavy atom. The number of hydrogen-bond acceptors (Lipinski definition) is 2. The maximum atomic E-state index is 11.2. The highest BCUT2D eigenvalue weighted by Gasteiger charge is 2.10. The van der Waals surface area contributed by atoms with Crippen molar-refractivity contribution in [1.29, 1.82) is 0 Å². The number of aromatic nitrogens is 2. The Balaban J connectivity index is 2.64. The molecule has 1 amide bonds. The van der Waals surface area contributed by atoms with Gasteiger partial charge in [0, 0.05) is 17.3 Å². The number of carbonyl (C=O) groups excluding carboxylic acids is 1. The van der Waals surface area contributed by atoms with Crippen LogP contribution >= 0.6 is 0 Å². The largest absolute Gasteiger partial charge is 0.359 e. The second kappa shape index (κ2) is 3.20. The summed E-state index contributed by atoms with van der Waals surface area (Å²) in [6, 6.07) is 3.54. The third kappa shape index (κ3) is 1.19. The molecule has 0 unspecified atom stereocenters. The highest BCUT2D eigenvalue weighted by Crippen LogP contribution is 2.15. The Morgan fingerprint density at radius 3 is 3.29 bits per heavy atom. The summed E-state index contributed by atoms with van der Waals surface area (Å²) in [5.41, 5.74) is 9.66. The van der Waals surface area contributed by atoms with E-state index < -0.39 is 5.91 Å². The van der Waals surface area contributed by atoms with Crippen LogP contribution in [0.5, 0.6) is 0 Å². The van der Waals surface area contributed by atoms with Crippen LogP contribution < -0.4 is 0 Å². The van der Waals surface area contributed by atoms with Gasteiger partial charge in [-0.15, -0.1) is 0 Å². The van der Waals surface area contributed by atoms with Crippen molar-refractivity contribution < 1.29 is 4.79 Å². The van der Waals surface area contributed by atoms with E-state index in [2.05, 4.69) is 20.0 Å². The maximum absolute atomic E-state index is 11.2. The lowest BCUT2D eigenvalue weighted by Gasteiger charge is -1.89. The van der Waals surface area contributed by atoms with Crippen LogP contribution in [0.1, 0.15) is 10.4 Å². The number of azide groups is 1. The summed E-state index contributed by atoms with van der Waals surface area (Å²) < 4.78 is 0. The molecule has 0 spiro atoms. The summed E-state index contributed by atoms with van der Waals surface area (Å²) >= 11 is 0. The highest BCUT2D eigenvalue weighted by atomic mass is 16.1. The van der Waals surface area contributed by atoms with Crippen molar-refractivity contribution in [3.63, 3.8) is 0 Å². The average Bonchev–Trinajstić information content (AvgIpc) is 2.61. The zero-order valence-electron chi connectivity index (χ0n) is 7.01. The molecule has 0 saturated heterocycles. The van der Waals surface area contributed by atoms with Crippen molar-refractivity contribution >= 4 is 16.9 Å².